The quantitative estimate of drug-likeness (QED) is 0.875. The second-order valence-electron chi connectivity index (χ2n) is 7.02. The van der Waals surface area contributed by atoms with Gasteiger partial charge in [-0.2, -0.15) is 0 Å². The summed E-state index contributed by atoms with van der Waals surface area (Å²) in [4.78, 5) is 24.1. The van der Waals surface area contributed by atoms with E-state index in [1.165, 1.54) is 12.1 Å². The van der Waals surface area contributed by atoms with Gasteiger partial charge in [0, 0.05) is 6.54 Å². The standard InChI is InChI=1S/C18H24FNO3/c1-17(2,16(22)23)12-20-15(21)18(10-4-3-5-11-18)13-6-8-14(19)9-7-13/h6-9H,3-5,10-12H2,1-2H3,(H,20,21)(H,22,23). The van der Waals surface area contributed by atoms with Gasteiger partial charge in [0.2, 0.25) is 5.91 Å². The molecule has 5 heteroatoms. The Balaban J connectivity index is 2.22. The van der Waals surface area contributed by atoms with Crippen molar-refractivity contribution in [2.24, 2.45) is 5.41 Å². The molecular formula is C18H24FNO3. The van der Waals surface area contributed by atoms with Gasteiger partial charge in [-0.25, -0.2) is 4.39 Å². The molecule has 0 aliphatic heterocycles. The Hall–Kier alpha value is -1.91. The molecule has 2 N–H and O–H groups in total. The zero-order valence-corrected chi connectivity index (χ0v) is 13.7. The highest BCUT2D eigenvalue weighted by molar-refractivity contribution is 5.89. The molecule has 1 amide bonds. The summed E-state index contributed by atoms with van der Waals surface area (Å²) in [5, 5.41) is 12.0. The fraction of sp³-hybridized carbons (Fsp3) is 0.556. The van der Waals surface area contributed by atoms with Gasteiger partial charge in [-0.3, -0.25) is 9.59 Å². The molecule has 1 fully saturated rings. The highest BCUT2D eigenvalue weighted by atomic mass is 19.1. The Morgan fingerprint density at radius 2 is 1.74 bits per heavy atom. The van der Waals surface area contributed by atoms with Crippen LogP contribution in [0, 0.1) is 11.2 Å². The van der Waals surface area contributed by atoms with Gasteiger partial charge in [0.05, 0.1) is 10.8 Å². The maximum atomic E-state index is 13.2. The predicted molar refractivity (Wildman–Crippen MR) is 85.6 cm³/mol. The monoisotopic (exact) mass is 321 g/mol. The molecule has 0 unspecified atom stereocenters. The highest BCUT2D eigenvalue weighted by Gasteiger charge is 2.42. The van der Waals surface area contributed by atoms with E-state index >= 15 is 0 Å². The molecular weight excluding hydrogens is 297 g/mol. The first-order valence-electron chi connectivity index (χ1n) is 8.06. The van der Waals surface area contributed by atoms with Gasteiger partial charge in [-0.05, 0) is 44.4 Å². The van der Waals surface area contributed by atoms with E-state index in [9.17, 15) is 19.1 Å². The van der Waals surface area contributed by atoms with Gasteiger partial charge in [-0.15, -0.1) is 0 Å². The maximum Gasteiger partial charge on any atom is 0.310 e. The molecule has 0 spiro atoms. The third-order valence-electron chi connectivity index (χ3n) is 4.81. The number of carbonyl (C=O) groups is 2. The minimum absolute atomic E-state index is 0.0735. The summed E-state index contributed by atoms with van der Waals surface area (Å²) < 4.78 is 13.2. The fourth-order valence-corrected chi connectivity index (χ4v) is 3.12. The van der Waals surface area contributed by atoms with E-state index in [0.717, 1.165) is 24.8 Å². The van der Waals surface area contributed by atoms with Crippen molar-refractivity contribution >= 4 is 11.9 Å². The van der Waals surface area contributed by atoms with Crippen LogP contribution in [0.3, 0.4) is 0 Å². The van der Waals surface area contributed by atoms with Gasteiger partial charge in [0.1, 0.15) is 5.82 Å². The van der Waals surface area contributed by atoms with E-state index in [4.69, 9.17) is 0 Å². The van der Waals surface area contributed by atoms with E-state index in [1.54, 1.807) is 26.0 Å². The molecule has 0 saturated heterocycles. The molecule has 0 heterocycles. The fourth-order valence-electron chi connectivity index (χ4n) is 3.12. The number of aliphatic carboxylic acids is 1. The molecule has 1 saturated carbocycles. The lowest BCUT2D eigenvalue weighted by molar-refractivity contribution is -0.147. The van der Waals surface area contributed by atoms with Crippen molar-refractivity contribution in [3.63, 3.8) is 0 Å². The van der Waals surface area contributed by atoms with E-state index in [-0.39, 0.29) is 18.3 Å². The zero-order valence-electron chi connectivity index (χ0n) is 13.7. The van der Waals surface area contributed by atoms with Crippen molar-refractivity contribution in [1.82, 2.24) is 5.32 Å². The first kappa shape index (κ1) is 17.4. The van der Waals surface area contributed by atoms with Crippen LogP contribution in [-0.2, 0) is 15.0 Å². The van der Waals surface area contributed by atoms with Gasteiger partial charge >= 0.3 is 5.97 Å². The van der Waals surface area contributed by atoms with Crippen LogP contribution in [0.25, 0.3) is 0 Å². The Labute approximate surface area is 136 Å². The summed E-state index contributed by atoms with van der Waals surface area (Å²) in [7, 11) is 0. The lowest BCUT2D eigenvalue weighted by Gasteiger charge is -2.37. The number of rotatable bonds is 5. The van der Waals surface area contributed by atoms with E-state index in [1.807, 2.05) is 0 Å². The van der Waals surface area contributed by atoms with E-state index < -0.39 is 16.8 Å². The number of amides is 1. The van der Waals surface area contributed by atoms with Crippen LogP contribution < -0.4 is 5.32 Å². The number of carboxylic acids is 1. The second kappa shape index (κ2) is 6.69. The average Bonchev–Trinajstić information content (AvgIpc) is 2.53. The van der Waals surface area contributed by atoms with E-state index in [0.29, 0.717) is 12.8 Å². The minimum atomic E-state index is -1.02. The lowest BCUT2D eigenvalue weighted by Crippen LogP contribution is -2.49. The molecule has 1 aliphatic carbocycles. The maximum absolute atomic E-state index is 13.2. The largest absolute Gasteiger partial charge is 0.481 e. The molecule has 126 valence electrons. The van der Waals surface area contributed by atoms with Gasteiger partial charge in [0.15, 0.2) is 0 Å². The number of hydrogen-bond donors (Lipinski definition) is 2. The number of halogens is 1. The molecule has 0 aromatic heterocycles. The number of carboxylic acid groups (broad SMARTS) is 1. The molecule has 0 bridgehead atoms. The highest BCUT2D eigenvalue weighted by Crippen LogP contribution is 2.40. The zero-order chi connectivity index (χ0) is 17.1. The van der Waals surface area contributed by atoms with Crippen molar-refractivity contribution in [2.75, 3.05) is 6.54 Å². The number of nitrogens with one attached hydrogen (secondary N) is 1. The SMILES string of the molecule is CC(C)(CNC(=O)C1(c2ccc(F)cc2)CCCCC1)C(=O)O. The smallest absolute Gasteiger partial charge is 0.310 e. The topological polar surface area (TPSA) is 66.4 Å². The Bertz CT molecular complexity index is 574. The third-order valence-corrected chi connectivity index (χ3v) is 4.81. The Morgan fingerprint density at radius 3 is 2.26 bits per heavy atom. The van der Waals surface area contributed by atoms with Crippen molar-refractivity contribution < 1.29 is 19.1 Å². The van der Waals surface area contributed by atoms with Crippen molar-refractivity contribution in [1.29, 1.82) is 0 Å². The summed E-state index contributed by atoms with van der Waals surface area (Å²) >= 11 is 0. The first-order chi connectivity index (χ1) is 10.8. The number of carbonyl (C=O) groups excluding carboxylic acids is 1. The van der Waals surface area contributed by atoms with Gasteiger partial charge in [0.25, 0.3) is 0 Å². The normalized spacial score (nSPS) is 17.5. The van der Waals surface area contributed by atoms with Crippen molar-refractivity contribution in [2.45, 2.75) is 51.4 Å². The summed E-state index contributed by atoms with van der Waals surface area (Å²) in [6, 6.07) is 6.09. The van der Waals surface area contributed by atoms with Gasteiger partial charge in [-0.1, -0.05) is 31.4 Å². The molecule has 23 heavy (non-hydrogen) atoms. The molecule has 1 aliphatic rings. The summed E-state index contributed by atoms with van der Waals surface area (Å²) in [5.41, 5.74) is -0.890. The molecule has 0 atom stereocenters. The molecule has 1 aromatic rings. The van der Waals surface area contributed by atoms with Crippen molar-refractivity contribution in [3.05, 3.63) is 35.6 Å². The van der Waals surface area contributed by atoms with Crippen LogP contribution in [0.4, 0.5) is 4.39 Å². The molecule has 2 rings (SSSR count). The van der Waals surface area contributed by atoms with Crippen LogP contribution in [0.5, 0.6) is 0 Å². The van der Waals surface area contributed by atoms with Crippen LogP contribution in [0.15, 0.2) is 24.3 Å². The number of hydrogen-bond acceptors (Lipinski definition) is 2. The molecule has 0 radical (unpaired) electrons. The summed E-state index contributed by atoms with van der Waals surface area (Å²) in [6.07, 6.45) is 4.37. The predicted octanol–water partition coefficient (Wildman–Crippen LogP) is 3.25. The first-order valence-corrected chi connectivity index (χ1v) is 8.06. The van der Waals surface area contributed by atoms with Crippen LogP contribution in [0.1, 0.15) is 51.5 Å². The Kier molecular flexibility index (Phi) is 5.07. The summed E-state index contributed by atoms with van der Waals surface area (Å²) in [5.74, 6) is -1.43. The second-order valence-corrected chi connectivity index (χ2v) is 7.02. The van der Waals surface area contributed by atoms with Gasteiger partial charge < -0.3 is 10.4 Å². The number of benzene rings is 1. The summed E-state index contributed by atoms with van der Waals surface area (Å²) in [6.45, 7) is 3.24. The van der Waals surface area contributed by atoms with E-state index in [2.05, 4.69) is 5.32 Å². The van der Waals surface area contributed by atoms with Crippen LogP contribution in [0.2, 0.25) is 0 Å². The Morgan fingerprint density at radius 1 is 1.17 bits per heavy atom. The molecule has 4 nitrogen and oxygen atoms in total. The minimum Gasteiger partial charge on any atom is -0.481 e. The third kappa shape index (κ3) is 3.71. The van der Waals surface area contributed by atoms with Crippen molar-refractivity contribution in [3.8, 4) is 0 Å². The van der Waals surface area contributed by atoms with Crippen LogP contribution >= 0.6 is 0 Å². The average molecular weight is 321 g/mol. The molecule has 1 aromatic carbocycles. The van der Waals surface area contributed by atoms with Crippen LogP contribution in [-0.4, -0.2) is 23.5 Å². The lowest BCUT2D eigenvalue weighted by atomic mass is 9.68.